The number of nitrogens with two attached hydrogens (primary N) is 1. The second-order valence-corrected chi connectivity index (χ2v) is 7.36. The quantitative estimate of drug-likeness (QED) is 0.412. The van der Waals surface area contributed by atoms with Crippen LogP contribution in [0.2, 0.25) is 0 Å². The smallest absolute Gasteiger partial charge is 0.270 e. The molecular formula is C24H18N4O3. The summed E-state index contributed by atoms with van der Waals surface area (Å²) in [6.07, 6.45) is 0. The first-order valence-electron chi connectivity index (χ1n) is 9.70. The molecule has 0 saturated heterocycles. The third-order valence-electron chi connectivity index (χ3n) is 5.45. The van der Waals surface area contributed by atoms with E-state index in [-0.39, 0.29) is 11.7 Å². The van der Waals surface area contributed by atoms with Gasteiger partial charge in [0.15, 0.2) is 0 Å². The number of amides is 2. The van der Waals surface area contributed by atoms with Crippen molar-refractivity contribution in [1.29, 1.82) is 0 Å². The zero-order valence-electron chi connectivity index (χ0n) is 16.3. The third kappa shape index (κ3) is 3.12. The number of fused-ring (bicyclic) bond motifs is 1. The highest BCUT2D eigenvalue weighted by atomic mass is 16.3. The maximum Gasteiger partial charge on any atom is 0.270 e. The van der Waals surface area contributed by atoms with E-state index in [0.29, 0.717) is 28.1 Å². The van der Waals surface area contributed by atoms with Crippen molar-refractivity contribution >= 4 is 11.8 Å². The lowest BCUT2D eigenvalue weighted by atomic mass is 9.93. The molecule has 1 atom stereocenters. The Bertz CT molecular complexity index is 1330. The number of benzene rings is 3. The van der Waals surface area contributed by atoms with Crippen LogP contribution in [0.3, 0.4) is 0 Å². The van der Waals surface area contributed by atoms with Gasteiger partial charge in [0.25, 0.3) is 5.91 Å². The highest BCUT2D eigenvalue weighted by Gasteiger charge is 2.35. The minimum Gasteiger partial charge on any atom is -0.507 e. The van der Waals surface area contributed by atoms with Gasteiger partial charge in [-0.05, 0) is 35.4 Å². The fourth-order valence-corrected chi connectivity index (χ4v) is 3.95. The number of hydrogen-bond acceptors (Lipinski definition) is 4. The number of carbonyl (C=O) groups excluding carboxylic acids is 2. The lowest BCUT2D eigenvalue weighted by Gasteiger charge is -2.16. The van der Waals surface area contributed by atoms with Gasteiger partial charge < -0.3 is 16.2 Å². The summed E-state index contributed by atoms with van der Waals surface area (Å²) < 4.78 is 0. The zero-order valence-corrected chi connectivity index (χ0v) is 16.3. The predicted molar refractivity (Wildman–Crippen MR) is 115 cm³/mol. The number of phenolic OH excluding ortho intramolecular Hbond substituents is 1. The van der Waals surface area contributed by atoms with Gasteiger partial charge in [-0.2, -0.15) is 5.10 Å². The van der Waals surface area contributed by atoms with E-state index in [0.717, 1.165) is 16.7 Å². The summed E-state index contributed by atoms with van der Waals surface area (Å²) >= 11 is 0. The molecule has 1 aromatic heterocycles. The van der Waals surface area contributed by atoms with Crippen molar-refractivity contribution in [3.05, 3.63) is 95.2 Å². The summed E-state index contributed by atoms with van der Waals surface area (Å²) in [6.45, 7) is 0. The van der Waals surface area contributed by atoms with E-state index in [4.69, 9.17) is 5.73 Å². The number of nitrogens with one attached hydrogen (secondary N) is 2. The molecular weight excluding hydrogens is 392 g/mol. The zero-order chi connectivity index (χ0) is 21.5. The second-order valence-electron chi connectivity index (χ2n) is 7.36. The van der Waals surface area contributed by atoms with Crippen molar-refractivity contribution in [2.45, 2.75) is 6.04 Å². The van der Waals surface area contributed by atoms with Gasteiger partial charge in [-0.3, -0.25) is 14.7 Å². The summed E-state index contributed by atoms with van der Waals surface area (Å²) in [5.41, 5.74) is 10.5. The molecule has 152 valence electrons. The minimum atomic E-state index is -0.545. The molecule has 31 heavy (non-hydrogen) atoms. The van der Waals surface area contributed by atoms with Crippen molar-refractivity contribution in [3.8, 4) is 28.1 Å². The van der Waals surface area contributed by atoms with Crippen LogP contribution in [0, 0.1) is 0 Å². The van der Waals surface area contributed by atoms with Gasteiger partial charge in [0.2, 0.25) is 5.91 Å². The molecule has 4 aromatic rings. The van der Waals surface area contributed by atoms with Crippen LogP contribution in [0.1, 0.15) is 38.0 Å². The maximum absolute atomic E-state index is 12.6. The maximum atomic E-state index is 12.6. The lowest BCUT2D eigenvalue weighted by molar-refractivity contribution is 0.0954. The summed E-state index contributed by atoms with van der Waals surface area (Å²) in [5, 5.41) is 20.7. The van der Waals surface area contributed by atoms with Crippen LogP contribution in [0.5, 0.6) is 5.75 Å². The van der Waals surface area contributed by atoms with Crippen LogP contribution in [0.4, 0.5) is 0 Å². The number of aromatic amines is 1. The highest BCUT2D eigenvalue weighted by molar-refractivity contribution is 6.00. The normalized spacial score (nSPS) is 14.8. The Labute approximate surface area is 177 Å². The number of aromatic hydroxyl groups is 1. The molecule has 0 radical (unpaired) electrons. The molecule has 2 heterocycles. The molecule has 7 nitrogen and oxygen atoms in total. The van der Waals surface area contributed by atoms with Crippen molar-refractivity contribution < 1.29 is 14.7 Å². The number of carbonyl (C=O) groups is 2. The Balaban J connectivity index is 1.62. The monoisotopic (exact) mass is 410 g/mol. The van der Waals surface area contributed by atoms with E-state index in [1.807, 2.05) is 30.3 Å². The summed E-state index contributed by atoms with van der Waals surface area (Å²) in [7, 11) is 0. The number of nitrogens with zero attached hydrogens (tertiary/aromatic N) is 1. The van der Waals surface area contributed by atoms with Crippen LogP contribution < -0.4 is 11.1 Å². The van der Waals surface area contributed by atoms with Crippen LogP contribution in [0.15, 0.2) is 72.8 Å². The second kappa shape index (κ2) is 7.14. The fourth-order valence-electron chi connectivity index (χ4n) is 3.95. The standard InChI is InChI=1S/C24H18N4O3/c25-23(30)16-8-4-7-14(11-16)17-12-15(9-10-18(17)29)20-19-21(13-5-2-1-3-6-13)27-28-22(19)24(31)26-20/h1-12,20,29H,(H2,25,30)(H,26,31)(H,27,28). The van der Waals surface area contributed by atoms with Gasteiger partial charge in [0, 0.05) is 22.3 Å². The van der Waals surface area contributed by atoms with Crippen LogP contribution in [-0.2, 0) is 0 Å². The Hall–Kier alpha value is -4.39. The fraction of sp³-hybridized carbons (Fsp3) is 0.0417. The molecule has 1 aliphatic rings. The van der Waals surface area contributed by atoms with Gasteiger partial charge in [-0.15, -0.1) is 0 Å². The van der Waals surface area contributed by atoms with E-state index < -0.39 is 11.9 Å². The molecule has 0 aliphatic carbocycles. The molecule has 2 amide bonds. The highest BCUT2D eigenvalue weighted by Crippen LogP contribution is 2.39. The Kier molecular flexibility index (Phi) is 4.29. The first kappa shape index (κ1) is 18.6. The predicted octanol–water partition coefficient (Wildman–Crippen LogP) is 3.38. The molecule has 0 saturated carbocycles. The number of aromatic nitrogens is 2. The van der Waals surface area contributed by atoms with Crippen LogP contribution in [0.25, 0.3) is 22.4 Å². The topological polar surface area (TPSA) is 121 Å². The average Bonchev–Trinajstić information content (AvgIpc) is 3.36. The van der Waals surface area contributed by atoms with Crippen molar-refractivity contribution in [1.82, 2.24) is 15.5 Å². The van der Waals surface area contributed by atoms with E-state index in [1.54, 1.807) is 42.5 Å². The average molecular weight is 410 g/mol. The summed E-state index contributed by atoms with van der Waals surface area (Å²) in [5.74, 6) is -0.721. The van der Waals surface area contributed by atoms with E-state index in [2.05, 4.69) is 15.5 Å². The van der Waals surface area contributed by atoms with E-state index >= 15 is 0 Å². The molecule has 7 heteroatoms. The largest absolute Gasteiger partial charge is 0.507 e. The molecule has 0 spiro atoms. The SMILES string of the molecule is NC(=O)c1cccc(-c2cc(C3NC(=O)c4[nH]nc(-c5ccccc5)c43)ccc2O)c1. The molecule has 5 rings (SSSR count). The van der Waals surface area contributed by atoms with Crippen LogP contribution in [-0.4, -0.2) is 27.1 Å². The van der Waals surface area contributed by atoms with Crippen LogP contribution >= 0.6 is 0 Å². The Morgan fingerprint density at radius 1 is 0.968 bits per heavy atom. The van der Waals surface area contributed by atoms with E-state index in [1.165, 1.54) is 0 Å². The first-order chi connectivity index (χ1) is 15.0. The lowest BCUT2D eigenvalue weighted by Crippen LogP contribution is -2.21. The number of H-pyrrole nitrogens is 1. The number of primary amides is 1. The summed E-state index contributed by atoms with van der Waals surface area (Å²) in [4.78, 5) is 24.1. The molecule has 1 unspecified atom stereocenters. The molecule has 3 aromatic carbocycles. The number of phenols is 1. The number of hydrogen-bond donors (Lipinski definition) is 4. The third-order valence-corrected chi connectivity index (χ3v) is 5.45. The first-order valence-corrected chi connectivity index (χ1v) is 9.70. The molecule has 0 fully saturated rings. The molecule has 1 aliphatic heterocycles. The van der Waals surface area contributed by atoms with Crippen molar-refractivity contribution in [2.75, 3.05) is 0 Å². The van der Waals surface area contributed by atoms with Gasteiger partial charge >= 0.3 is 0 Å². The number of rotatable bonds is 4. The van der Waals surface area contributed by atoms with Crippen molar-refractivity contribution in [2.24, 2.45) is 5.73 Å². The minimum absolute atomic E-state index is 0.0605. The van der Waals surface area contributed by atoms with Crippen molar-refractivity contribution in [3.63, 3.8) is 0 Å². The summed E-state index contributed by atoms with van der Waals surface area (Å²) in [6, 6.07) is 21.1. The van der Waals surface area contributed by atoms with E-state index in [9.17, 15) is 14.7 Å². The Morgan fingerprint density at radius 3 is 2.52 bits per heavy atom. The van der Waals surface area contributed by atoms with Gasteiger partial charge in [-0.25, -0.2) is 0 Å². The van der Waals surface area contributed by atoms with Gasteiger partial charge in [0.05, 0.1) is 11.7 Å². The Morgan fingerprint density at radius 2 is 1.74 bits per heavy atom. The van der Waals surface area contributed by atoms with Gasteiger partial charge in [0.1, 0.15) is 11.4 Å². The van der Waals surface area contributed by atoms with Gasteiger partial charge in [-0.1, -0.05) is 48.5 Å². The molecule has 5 N–H and O–H groups in total. The molecule has 0 bridgehead atoms.